The molecule has 0 aliphatic heterocycles. The lowest BCUT2D eigenvalue weighted by Crippen LogP contribution is -1.86. The molecule has 2 nitrogen and oxygen atoms in total. The Balaban J connectivity index is 1.79. The van der Waals surface area contributed by atoms with E-state index in [1.165, 1.54) is 0 Å². The lowest BCUT2D eigenvalue weighted by molar-refractivity contribution is 0.422. The number of hydrogen-bond acceptors (Lipinski definition) is 2. The topological polar surface area (TPSA) is 18.5 Å². The number of hydrogen-bond donors (Lipinski definition) is 0. The molecule has 19 heavy (non-hydrogen) atoms. The van der Waals surface area contributed by atoms with Gasteiger partial charge in [0.15, 0.2) is 11.5 Å². The zero-order chi connectivity index (χ0) is 12.9. The molecule has 3 heteroatoms. The van der Waals surface area contributed by atoms with Gasteiger partial charge < -0.3 is 9.47 Å². The van der Waals surface area contributed by atoms with E-state index < -0.39 is 0 Å². The van der Waals surface area contributed by atoms with Crippen molar-refractivity contribution >= 4 is 8.19 Å². The summed E-state index contributed by atoms with van der Waals surface area (Å²) in [6, 6.07) is 19.5. The summed E-state index contributed by atoms with van der Waals surface area (Å²) in [7, 11) is 0.599. The van der Waals surface area contributed by atoms with Crippen molar-refractivity contribution in [3.05, 3.63) is 72.3 Å². The molecule has 0 saturated heterocycles. The minimum Gasteiger partial charge on any atom is -0.453 e. The molecule has 0 bridgehead atoms. The van der Waals surface area contributed by atoms with Crippen LogP contribution in [0.25, 0.3) is 0 Å². The van der Waals surface area contributed by atoms with Gasteiger partial charge in [0.1, 0.15) is 11.5 Å². The molecule has 1 aromatic heterocycles. The molecule has 3 rings (SSSR count). The maximum Gasteiger partial charge on any atom is 0.173 e. The fourth-order valence-electron chi connectivity index (χ4n) is 1.73. The first kappa shape index (κ1) is 11.9. The van der Waals surface area contributed by atoms with Crippen molar-refractivity contribution in [3.63, 3.8) is 0 Å². The summed E-state index contributed by atoms with van der Waals surface area (Å²) in [6.45, 7) is 0. The van der Waals surface area contributed by atoms with Gasteiger partial charge in [-0.1, -0.05) is 36.4 Å². The average Bonchev–Trinajstić information content (AvgIpc) is 2.88. The van der Waals surface area contributed by atoms with Gasteiger partial charge in [-0.05, 0) is 24.3 Å². The highest BCUT2D eigenvalue weighted by Crippen LogP contribution is 2.39. The highest BCUT2D eigenvalue weighted by Gasteiger charge is 2.07. The predicted molar refractivity (Wildman–Crippen MR) is 79.0 cm³/mol. The molecule has 0 saturated carbocycles. The van der Waals surface area contributed by atoms with E-state index in [0.717, 1.165) is 23.0 Å². The van der Waals surface area contributed by atoms with Crippen molar-refractivity contribution in [2.24, 2.45) is 0 Å². The molecule has 0 atom stereocenters. The summed E-state index contributed by atoms with van der Waals surface area (Å²) in [5.41, 5.74) is 0. The van der Waals surface area contributed by atoms with Crippen LogP contribution in [0.2, 0.25) is 0 Å². The van der Waals surface area contributed by atoms with Crippen LogP contribution in [0.4, 0.5) is 0 Å². The molecule has 1 heterocycles. The Hall–Kier alpha value is -2.18. The number of para-hydroxylation sites is 2. The van der Waals surface area contributed by atoms with Crippen LogP contribution in [0.5, 0.6) is 23.0 Å². The van der Waals surface area contributed by atoms with Crippen LogP contribution >= 0.6 is 8.19 Å². The van der Waals surface area contributed by atoms with Crippen LogP contribution in [-0.2, 0) is 0 Å². The Morgan fingerprint density at radius 1 is 0.579 bits per heavy atom. The van der Waals surface area contributed by atoms with Crippen LogP contribution in [0.3, 0.4) is 0 Å². The standard InChI is InChI=1S/C16H13O2P/c1-3-7-13(8-4-1)17-15-11-19-12-16(15)18-14-9-5-2-6-10-14/h1-12,19H. The Bertz CT molecular complexity index is 576. The Morgan fingerprint density at radius 3 is 1.42 bits per heavy atom. The van der Waals surface area contributed by atoms with Crippen molar-refractivity contribution in [2.75, 3.05) is 0 Å². The highest BCUT2D eigenvalue weighted by molar-refractivity contribution is 7.28. The first-order valence-electron chi connectivity index (χ1n) is 6.04. The molecule has 0 fully saturated rings. The summed E-state index contributed by atoms with van der Waals surface area (Å²) < 4.78 is 11.7. The summed E-state index contributed by atoms with van der Waals surface area (Å²) in [4.78, 5) is 0. The summed E-state index contributed by atoms with van der Waals surface area (Å²) >= 11 is 0. The van der Waals surface area contributed by atoms with E-state index in [2.05, 4.69) is 0 Å². The molecule has 0 radical (unpaired) electrons. The number of benzene rings is 2. The maximum absolute atomic E-state index is 5.83. The van der Waals surface area contributed by atoms with Crippen LogP contribution in [-0.4, -0.2) is 0 Å². The molecule has 2 aromatic carbocycles. The van der Waals surface area contributed by atoms with Gasteiger partial charge in [0.2, 0.25) is 0 Å². The van der Waals surface area contributed by atoms with E-state index in [9.17, 15) is 0 Å². The lowest BCUT2D eigenvalue weighted by Gasteiger charge is -2.08. The molecule has 0 amide bonds. The van der Waals surface area contributed by atoms with E-state index in [0.29, 0.717) is 8.19 Å². The fourth-order valence-corrected chi connectivity index (χ4v) is 2.51. The van der Waals surface area contributed by atoms with Gasteiger partial charge in [-0.25, -0.2) is 0 Å². The average molecular weight is 268 g/mol. The second kappa shape index (κ2) is 5.64. The molecule has 0 N–H and O–H groups in total. The predicted octanol–water partition coefficient (Wildman–Crippen LogP) is 5.30. The third kappa shape index (κ3) is 2.98. The van der Waals surface area contributed by atoms with Crippen molar-refractivity contribution < 1.29 is 9.47 Å². The van der Waals surface area contributed by atoms with Crippen molar-refractivity contribution in [3.8, 4) is 23.0 Å². The Kier molecular flexibility index (Phi) is 3.53. The highest BCUT2D eigenvalue weighted by atomic mass is 31.0. The Morgan fingerprint density at radius 2 is 1.00 bits per heavy atom. The number of rotatable bonds is 4. The second-order valence-electron chi connectivity index (χ2n) is 4.01. The minimum absolute atomic E-state index is 0.599. The van der Waals surface area contributed by atoms with Gasteiger partial charge in [0.05, 0.1) is 0 Å². The minimum atomic E-state index is 0.599. The molecule has 0 aliphatic rings. The van der Waals surface area contributed by atoms with Crippen molar-refractivity contribution in [2.45, 2.75) is 0 Å². The SMILES string of the molecule is c1ccc(Oc2c[pH]cc2Oc2ccccc2)cc1. The first-order chi connectivity index (χ1) is 9.42. The lowest BCUT2D eigenvalue weighted by atomic mass is 10.3. The van der Waals surface area contributed by atoms with Gasteiger partial charge in [0.25, 0.3) is 0 Å². The van der Waals surface area contributed by atoms with Gasteiger partial charge in [0, 0.05) is 11.6 Å². The molecule has 0 unspecified atom stereocenters. The molecular formula is C16H13O2P. The fraction of sp³-hybridized carbons (Fsp3) is 0. The second-order valence-corrected chi connectivity index (χ2v) is 4.92. The number of ether oxygens (including phenoxy) is 2. The molecular weight excluding hydrogens is 255 g/mol. The third-order valence-electron chi connectivity index (χ3n) is 2.61. The molecule has 3 aromatic rings. The van der Waals surface area contributed by atoms with E-state index in [1.807, 2.05) is 72.3 Å². The van der Waals surface area contributed by atoms with E-state index in [1.54, 1.807) is 0 Å². The largest absolute Gasteiger partial charge is 0.453 e. The van der Waals surface area contributed by atoms with Crippen LogP contribution in [0.15, 0.2) is 72.3 Å². The van der Waals surface area contributed by atoms with Crippen LogP contribution < -0.4 is 9.47 Å². The normalized spacial score (nSPS) is 10.1. The maximum atomic E-state index is 5.83. The summed E-state index contributed by atoms with van der Waals surface area (Å²) in [5, 5.41) is 0. The third-order valence-corrected chi connectivity index (χ3v) is 3.47. The molecule has 0 spiro atoms. The zero-order valence-corrected chi connectivity index (χ0v) is 11.2. The smallest absolute Gasteiger partial charge is 0.173 e. The zero-order valence-electron chi connectivity index (χ0n) is 10.2. The molecule has 0 aliphatic carbocycles. The summed E-state index contributed by atoms with van der Waals surface area (Å²) in [6.07, 6.45) is 0. The molecule has 94 valence electrons. The van der Waals surface area contributed by atoms with Gasteiger partial charge in [-0.2, -0.15) is 0 Å². The van der Waals surface area contributed by atoms with Crippen molar-refractivity contribution in [1.29, 1.82) is 0 Å². The van der Waals surface area contributed by atoms with Crippen LogP contribution in [0.1, 0.15) is 0 Å². The first-order valence-corrected chi connectivity index (χ1v) is 7.20. The van der Waals surface area contributed by atoms with E-state index in [4.69, 9.17) is 9.47 Å². The summed E-state index contributed by atoms with van der Waals surface area (Å²) in [5.74, 6) is 7.31. The quantitative estimate of drug-likeness (QED) is 0.639. The Labute approximate surface area is 113 Å². The van der Waals surface area contributed by atoms with Gasteiger partial charge in [-0.15, -0.1) is 8.19 Å². The monoisotopic (exact) mass is 268 g/mol. The van der Waals surface area contributed by atoms with E-state index >= 15 is 0 Å². The van der Waals surface area contributed by atoms with E-state index in [-0.39, 0.29) is 0 Å². The van der Waals surface area contributed by atoms with Gasteiger partial charge in [-0.3, -0.25) is 0 Å². The van der Waals surface area contributed by atoms with Crippen molar-refractivity contribution in [1.82, 2.24) is 0 Å². The van der Waals surface area contributed by atoms with Gasteiger partial charge >= 0.3 is 0 Å². The van der Waals surface area contributed by atoms with Crippen LogP contribution in [0, 0.1) is 0 Å².